The highest BCUT2D eigenvalue weighted by molar-refractivity contribution is 5.98. The molecule has 0 aromatic heterocycles. The summed E-state index contributed by atoms with van der Waals surface area (Å²) in [6.07, 6.45) is 4.18. The highest BCUT2D eigenvalue weighted by Gasteiger charge is 2.27. The molecule has 0 amide bonds. The first-order chi connectivity index (χ1) is 14.8. The third-order valence-corrected chi connectivity index (χ3v) is 5.46. The largest absolute Gasteiger partial charge is 0.497 e. The number of benzene rings is 3. The molecule has 3 aromatic carbocycles. The summed E-state index contributed by atoms with van der Waals surface area (Å²) in [5.74, 6) is 2.92. The normalized spacial score (nSPS) is 16.5. The predicted octanol–water partition coefficient (Wildman–Crippen LogP) is 5.86. The number of nitriles is 1. The van der Waals surface area contributed by atoms with Gasteiger partial charge in [-0.05, 0) is 47.4 Å². The van der Waals surface area contributed by atoms with Crippen molar-refractivity contribution in [1.29, 1.82) is 5.26 Å². The molecular weight excluding hydrogens is 374 g/mol. The minimum absolute atomic E-state index is 0.525. The van der Waals surface area contributed by atoms with Gasteiger partial charge >= 0.3 is 0 Å². The molecule has 0 radical (unpaired) electrons. The van der Waals surface area contributed by atoms with Crippen molar-refractivity contribution in [3.05, 3.63) is 95.3 Å². The lowest BCUT2D eigenvalue weighted by atomic mass is 9.91. The van der Waals surface area contributed by atoms with E-state index in [2.05, 4.69) is 30.3 Å². The molecule has 0 fully saturated rings. The number of hydrogen-bond donors (Lipinski definition) is 0. The van der Waals surface area contributed by atoms with E-state index in [4.69, 9.17) is 14.2 Å². The predicted molar refractivity (Wildman–Crippen MR) is 117 cm³/mol. The van der Waals surface area contributed by atoms with E-state index < -0.39 is 0 Å². The van der Waals surface area contributed by atoms with Crippen molar-refractivity contribution >= 4 is 22.1 Å². The van der Waals surface area contributed by atoms with Crippen molar-refractivity contribution in [1.82, 2.24) is 0 Å². The van der Waals surface area contributed by atoms with Crippen molar-refractivity contribution in [2.45, 2.75) is 6.42 Å². The first-order valence-electron chi connectivity index (χ1n) is 9.80. The van der Waals surface area contributed by atoms with Crippen LogP contribution in [0.25, 0.3) is 22.1 Å². The van der Waals surface area contributed by atoms with E-state index in [1.807, 2.05) is 42.5 Å². The highest BCUT2D eigenvalue weighted by Crippen LogP contribution is 2.44. The molecule has 5 rings (SSSR count). The zero-order valence-electron chi connectivity index (χ0n) is 16.5. The Labute approximate surface area is 174 Å². The number of allylic oxidation sites excluding steroid dienone is 4. The second-order valence-electron chi connectivity index (χ2n) is 7.13. The molecule has 2 aliphatic rings. The van der Waals surface area contributed by atoms with Crippen LogP contribution in [-0.2, 0) is 4.74 Å². The number of methoxy groups -OCH3 is 1. The van der Waals surface area contributed by atoms with Crippen LogP contribution in [0.4, 0.5) is 0 Å². The van der Waals surface area contributed by atoms with Crippen LogP contribution < -0.4 is 9.47 Å². The zero-order valence-corrected chi connectivity index (χ0v) is 16.5. The van der Waals surface area contributed by atoms with Gasteiger partial charge in [0.15, 0.2) is 0 Å². The molecule has 0 N–H and O–H groups in total. The fraction of sp³-hybridized carbons (Fsp3) is 0.115. The van der Waals surface area contributed by atoms with Gasteiger partial charge in [-0.15, -0.1) is 0 Å². The molecular formula is C26H19NO3. The van der Waals surface area contributed by atoms with E-state index in [0.29, 0.717) is 24.5 Å². The van der Waals surface area contributed by atoms with E-state index in [-0.39, 0.29) is 0 Å². The van der Waals surface area contributed by atoms with E-state index >= 15 is 0 Å². The average molecular weight is 393 g/mol. The van der Waals surface area contributed by atoms with Gasteiger partial charge in [0.2, 0.25) is 0 Å². The highest BCUT2D eigenvalue weighted by atomic mass is 16.5. The van der Waals surface area contributed by atoms with Gasteiger partial charge in [-0.1, -0.05) is 30.3 Å². The summed E-state index contributed by atoms with van der Waals surface area (Å²) in [5.41, 5.74) is 3.95. The summed E-state index contributed by atoms with van der Waals surface area (Å²) >= 11 is 0. The molecule has 2 heterocycles. The van der Waals surface area contributed by atoms with Gasteiger partial charge in [0.25, 0.3) is 0 Å². The van der Waals surface area contributed by atoms with Gasteiger partial charge < -0.3 is 14.2 Å². The minimum Gasteiger partial charge on any atom is -0.497 e. The Bertz CT molecular complexity index is 1270. The Balaban J connectivity index is 1.72. The summed E-state index contributed by atoms with van der Waals surface area (Å²) in [4.78, 5) is 0. The van der Waals surface area contributed by atoms with Gasteiger partial charge in [-0.2, -0.15) is 5.26 Å². The number of fused-ring (bicyclic) bond motifs is 4. The molecule has 0 aliphatic carbocycles. The summed E-state index contributed by atoms with van der Waals surface area (Å²) in [6, 6.07) is 22.2. The van der Waals surface area contributed by atoms with Gasteiger partial charge in [0.05, 0.1) is 25.9 Å². The molecule has 4 heteroatoms. The molecule has 0 unspecified atom stereocenters. The average Bonchev–Trinajstić information content (AvgIpc) is 2.99. The number of hydrogen-bond acceptors (Lipinski definition) is 4. The zero-order chi connectivity index (χ0) is 20.5. The van der Waals surface area contributed by atoms with E-state index in [0.717, 1.165) is 44.5 Å². The second-order valence-corrected chi connectivity index (χ2v) is 7.13. The quantitative estimate of drug-likeness (QED) is 0.512. The Kier molecular flexibility index (Phi) is 4.49. The lowest BCUT2D eigenvalue weighted by Gasteiger charge is -2.23. The SMILES string of the molecule is COc1ccc(C2=CC3=C(CCOc4c3ccc3ccccc43)/C(=C/C#N)O2)cc1. The van der Waals surface area contributed by atoms with Crippen LogP contribution in [0.5, 0.6) is 11.5 Å². The van der Waals surface area contributed by atoms with Crippen LogP contribution in [0, 0.1) is 11.3 Å². The molecule has 2 aliphatic heterocycles. The molecule has 146 valence electrons. The maximum Gasteiger partial charge on any atom is 0.141 e. The number of ether oxygens (including phenoxy) is 3. The smallest absolute Gasteiger partial charge is 0.141 e. The third kappa shape index (κ3) is 3.01. The first-order valence-corrected chi connectivity index (χ1v) is 9.80. The molecule has 3 aromatic rings. The summed E-state index contributed by atoms with van der Waals surface area (Å²) in [7, 11) is 1.64. The van der Waals surface area contributed by atoms with Crippen molar-refractivity contribution < 1.29 is 14.2 Å². The Morgan fingerprint density at radius 3 is 2.67 bits per heavy atom. The maximum absolute atomic E-state index is 9.34. The van der Waals surface area contributed by atoms with Crippen molar-refractivity contribution in [3.63, 3.8) is 0 Å². The van der Waals surface area contributed by atoms with Gasteiger partial charge in [-0.25, -0.2) is 0 Å². The van der Waals surface area contributed by atoms with Crippen LogP contribution in [0.2, 0.25) is 0 Å². The maximum atomic E-state index is 9.34. The Morgan fingerprint density at radius 2 is 1.87 bits per heavy atom. The molecule has 0 spiro atoms. The van der Waals surface area contributed by atoms with E-state index in [1.165, 1.54) is 6.08 Å². The Hall–Kier alpha value is -3.97. The van der Waals surface area contributed by atoms with Crippen LogP contribution in [0.3, 0.4) is 0 Å². The van der Waals surface area contributed by atoms with Crippen molar-refractivity contribution in [2.24, 2.45) is 0 Å². The first kappa shape index (κ1) is 18.1. The number of nitrogens with zero attached hydrogens (tertiary/aromatic N) is 1. The van der Waals surface area contributed by atoms with E-state index in [9.17, 15) is 5.26 Å². The van der Waals surface area contributed by atoms with E-state index in [1.54, 1.807) is 7.11 Å². The van der Waals surface area contributed by atoms with Crippen LogP contribution in [0.15, 0.2) is 84.1 Å². The summed E-state index contributed by atoms with van der Waals surface area (Å²) < 4.78 is 17.6. The summed E-state index contributed by atoms with van der Waals surface area (Å²) in [5, 5.41) is 11.6. The van der Waals surface area contributed by atoms with Gasteiger partial charge in [0.1, 0.15) is 23.0 Å². The fourth-order valence-corrected chi connectivity index (χ4v) is 4.00. The standard InChI is InChI=1S/C26H19NO3/c1-28-19-9-6-18(7-10-19)25-16-23-21(24(30-25)12-14-27)13-15-29-26-20-5-3-2-4-17(20)8-11-22(23)26/h2-12,16H,13,15H2,1H3/b24-12-. The van der Waals surface area contributed by atoms with Gasteiger partial charge in [-0.3, -0.25) is 0 Å². The summed E-state index contributed by atoms with van der Waals surface area (Å²) in [6.45, 7) is 0.525. The third-order valence-electron chi connectivity index (χ3n) is 5.46. The molecule has 0 atom stereocenters. The number of rotatable bonds is 2. The minimum atomic E-state index is 0.525. The topological polar surface area (TPSA) is 51.5 Å². The molecule has 4 nitrogen and oxygen atoms in total. The molecule has 0 saturated heterocycles. The molecule has 30 heavy (non-hydrogen) atoms. The fourth-order valence-electron chi connectivity index (χ4n) is 4.00. The Morgan fingerprint density at radius 1 is 1.03 bits per heavy atom. The monoisotopic (exact) mass is 393 g/mol. The van der Waals surface area contributed by atoms with Crippen molar-refractivity contribution in [2.75, 3.05) is 13.7 Å². The van der Waals surface area contributed by atoms with Gasteiger partial charge in [0, 0.05) is 28.5 Å². The molecule has 0 bridgehead atoms. The van der Waals surface area contributed by atoms with Crippen LogP contribution in [-0.4, -0.2) is 13.7 Å². The lowest BCUT2D eigenvalue weighted by molar-refractivity contribution is 0.320. The van der Waals surface area contributed by atoms with Crippen molar-refractivity contribution in [3.8, 4) is 17.6 Å². The van der Waals surface area contributed by atoms with Crippen LogP contribution in [0.1, 0.15) is 17.5 Å². The van der Waals surface area contributed by atoms with Crippen LogP contribution >= 0.6 is 0 Å². The molecule has 0 saturated carbocycles. The second kappa shape index (κ2) is 7.46. The lowest BCUT2D eigenvalue weighted by Crippen LogP contribution is -2.06.